The number of ether oxygens (including phenoxy) is 1. The molecule has 4 rings (SSSR count). The Morgan fingerprint density at radius 2 is 1.87 bits per heavy atom. The molecule has 0 saturated carbocycles. The predicted molar refractivity (Wildman–Crippen MR) is 124 cm³/mol. The number of hydrogen-bond donors (Lipinski definition) is 2. The monoisotopic (exact) mass is 432 g/mol. The van der Waals surface area contributed by atoms with Crippen molar-refractivity contribution in [3.8, 4) is 5.75 Å². The highest BCUT2D eigenvalue weighted by Gasteiger charge is 2.24. The van der Waals surface area contributed by atoms with Crippen LogP contribution in [0.2, 0.25) is 0 Å². The molecular weight excluding hydrogens is 408 g/mol. The molecule has 1 aliphatic carbocycles. The lowest BCUT2D eigenvalue weighted by Crippen LogP contribution is -2.17. The van der Waals surface area contributed by atoms with E-state index in [1.807, 2.05) is 54.6 Å². The molecule has 5 nitrogen and oxygen atoms in total. The van der Waals surface area contributed by atoms with Gasteiger partial charge in [-0.2, -0.15) is 0 Å². The zero-order valence-corrected chi connectivity index (χ0v) is 17.9. The number of amides is 2. The van der Waals surface area contributed by atoms with E-state index in [1.54, 1.807) is 6.08 Å². The van der Waals surface area contributed by atoms with E-state index in [-0.39, 0.29) is 5.91 Å². The zero-order chi connectivity index (χ0) is 21.6. The van der Waals surface area contributed by atoms with Crippen LogP contribution in [0.5, 0.6) is 5.75 Å². The molecule has 0 radical (unpaired) electrons. The molecule has 6 heteroatoms. The van der Waals surface area contributed by atoms with E-state index >= 15 is 0 Å². The van der Waals surface area contributed by atoms with E-state index in [9.17, 15) is 9.59 Å². The fourth-order valence-corrected chi connectivity index (χ4v) is 4.99. The first kappa shape index (κ1) is 20.9. The van der Waals surface area contributed by atoms with Gasteiger partial charge in [0.2, 0.25) is 5.91 Å². The number of rotatable bonds is 7. The average Bonchev–Trinajstić information content (AvgIpc) is 3.15. The van der Waals surface area contributed by atoms with Gasteiger partial charge in [-0.05, 0) is 60.6 Å². The summed E-state index contributed by atoms with van der Waals surface area (Å²) in [7, 11) is 0. The fraction of sp³-hybridized carbons (Fsp3) is 0.200. The molecule has 31 heavy (non-hydrogen) atoms. The number of carbonyl (C=O) groups is 2. The zero-order valence-electron chi connectivity index (χ0n) is 17.1. The maximum atomic E-state index is 12.5. The number of hydrogen-bond acceptors (Lipinski definition) is 4. The van der Waals surface area contributed by atoms with Crippen LogP contribution in [-0.2, 0) is 24.2 Å². The number of nitrogens with one attached hydrogen (secondary N) is 1. The summed E-state index contributed by atoms with van der Waals surface area (Å²) >= 11 is 1.46. The van der Waals surface area contributed by atoms with Crippen LogP contribution in [0.15, 0.2) is 60.7 Å². The number of fused-ring (bicyclic) bond motifs is 1. The van der Waals surface area contributed by atoms with Gasteiger partial charge < -0.3 is 15.8 Å². The van der Waals surface area contributed by atoms with Crippen LogP contribution in [0.4, 0.5) is 5.00 Å². The summed E-state index contributed by atoms with van der Waals surface area (Å²) in [4.78, 5) is 25.6. The summed E-state index contributed by atoms with van der Waals surface area (Å²) in [6.45, 7) is 0.480. The van der Waals surface area contributed by atoms with E-state index in [4.69, 9.17) is 10.5 Å². The summed E-state index contributed by atoms with van der Waals surface area (Å²) in [5.41, 5.74) is 9.01. The van der Waals surface area contributed by atoms with Gasteiger partial charge in [0.1, 0.15) is 17.4 Å². The first-order valence-corrected chi connectivity index (χ1v) is 11.1. The number of carbonyl (C=O) groups excluding carboxylic acids is 2. The Kier molecular flexibility index (Phi) is 6.48. The molecule has 2 aromatic carbocycles. The Morgan fingerprint density at radius 3 is 2.68 bits per heavy atom. The summed E-state index contributed by atoms with van der Waals surface area (Å²) < 4.78 is 5.84. The number of benzene rings is 2. The molecule has 158 valence electrons. The molecule has 0 atom stereocenters. The van der Waals surface area contributed by atoms with Crippen molar-refractivity contribution in [3.05, 3.63) is 87.8 Å². The van der Waals surface area contributed by atoms with Crippen molar-refractivity contribution in [2.75, 3.05) is 5.32 Å². The lowest BCUT2D eigenvalue weighted by molar-refractivity contribution is -0.111. The molecule has 1 aliphatic rings. The number of anilines is 1. The van der Waals surface area contributed by atoms with Gasteiger partial charge in [-0.25, -0.2) is 0 Å². The van der Waals surface area contributed by atoms with Crippen molar-refractivity contribution in [2.24, 2.45) is 5.73 Å². The van der Waals surface area contributed by atoms with Crippen molar-refractivity contribution in [2.45, 2.75) is 32.3 Å². The highest BCUT2D eigenvalue weighted by Crippen LogP contribution is 2.37. The number of thiophene rings is 1. The van der Waals surface area contributed by atoms with E-state index in [1.165, 1.54) is 17.4 Å². The topological polar surface area (TPSA) is 81.4 Å². The van der Waals surface area contributed by atoms with Crippen molar-refractivity contribution in [3.63, 3.8) is 0 Å². The number of primary amides is 1. The highest BCUT2D eigenvalue weighted by atomic mass is 32.1. The predicted octanol–water partition coefficient (Wildman–Crippen LogP) is 4.96. The molecule has 0 aliphatic heterocycles. The van der Waals surface area contributed by atoms with Crippen molar-refractivity contribution < 1.29 is 14.3 Å². The smallest absolute Gasteiger partial charge is 0.251 e. The first-order valence-electron chi connectivity index (χ1n) is 10.3. The quantitative estimate of drug-likeness (QED) is 0.518. The van der Waals surface area contributed by atoms with Gasteiger partial charge in [0.15, 0.2) is 0 Å². The molecule has 2 amide bonds. The highest BCUT2D eigenvalue weighted by molar-refractivity contribution is 7.17. The minimum atomic E-state index is -0.484. The summed E-state index contributed by atoms with van der Waals surface area (Å²) in [5, 5.41) is 3.39. The largest absolute Gasteiger partial charge is 0.489 e. The van der Waals surface area contributed by atoms with E-state index < -0.39 is 5.91 Å². The Labute approximate surface area is 185 Å². The van der Waals surface area contributed by atoms with Crippen LogP contribution in [0, 0.1) is 0 Å². The number of aryl methyl sites for hydroxylation is 1. The minimum absolute atomic E-state index is 0.295. The second-order valence-electron chi connectivity index (χ2n) is 7.45. The molecule has 0 bridgehead atoms. The summed E-state index contributed by atoms with van der Waals surface area (Å²) in [6.07, 6.45) is 7.09. The van der Waals surface area contributed by atoms with Gasteiger partial charge in [0.25, 0.3) is 5.91 Å². The van der Waals surface area contributed by atoms with Crippen LogP contribution >= 0.6 is 11.3 Å². The molecule has 0 fully saturated rings. The minimum Gasteiger partial charge on any atom is -0.489 e. The van der Waals surface area contributed by atoms with Gasteiger partial charge in [-0.1, -0.05) is 42.5 Å². The van der Waals surface area contributed by atoms with Gasteiger partial charge in [-0.3, -0.25) is 9.59 Å². The van der Waals surface area contributed by atoms with Crippen LogP contribution in [0.1, 0.15) is 44.8 Å². The normalized spacial score (nSPS) is 13.0. The van der Waals surface area contributed by atoms with Gasteiger partial charge in [-0.15, -0.1) is 11.3 Å². The van der Waals surface area contributed by atoms with Gasteiger partial charge >= 0.3 is 0 Å². The third-order valence-electron chi connectivity index (χ3n) is 5.19. The third-order valence-corrected chi connectivity index (χ3v) is 6.40. The molecule has 1 aromatic heterocycles. The summed E-state index contributed by atoms with van der Waals surface area (Å²) in [5.74, 6) is -0.0491. The Bertz CT molecular complexity index is 1120. The average molecular weight is 433 g/mol. The van der Waals surface area contributed by atoms with Crippen LogP contribution in [0.25, 0.3) is 6.08 Å². The van der Waals surface area contributed by atoms with Crippen LogP contribution < -0.4 is 15.8 Å². The van der Waals surface area contributed by atoms with E-state index in [0.717, 1.165) is 53.0 Å². The second kappa shape index (κ2) is 9.62. The standard InChI is InChI=1S/C25H24N2O3S/c26-24(29)23-20-11-4-5-12-21(20)31-25(23)27-22(28)14-13-17-9-6-10-19(15-17)30-16-18-7-2-1-3-8-18/h1-3,6-10,13-15H,4-5,11-12,16H2,(H2,26,29)(H,27,28)/b14-13+. The Balaban J connectivity index is 1.42. The third kappa shape index (κ3) is 5.22. The Morgan fingerprint density at radius 1 is 1.06 bits per heavy atom. The molecular formula is C25H24N2O3S. The lowest BCUT2D eigenvalue weighted by atomic mass is 9.95. The first-order chi connectivity index (χ1) is 15.1. The van der Waals surface area contributed by atoms with Crippen molar-refractivity contribution in [1.82, 2.24) is 0 Å². The molecule has 3 aromatic rings. The Hall–Kier alpha value is -3.38. The van der Waals surface area contributed by atoms with Crippen LogP contribution in [-0.4, -0.2) is 11.8 Å². The van der Waals surface area contributed by atoms with Crippen LogP contribution in [0.3, 0.4) is 0 Å². The maximum absolute atomic E-state index is 12.5. The van der Waals surface area contributed by atoms with Gasteiger partial charge in [0, 0.05) is 11.0 Å². The van der Waals surface area contributed by atoms with Crippen molar-refractivity contribution in [1.29, 1.82) is 0 Å². The van der Waals surface area contributed by atoms with Gasteiger partial charge in [0.05, 0.1) is 5.56 Å². The van der Waals surface area contributed by atoms with Crippen molar-refractivity contribution >= 4 is 34.2 Å². The lowest BCUT2D eigenvalue weighted by Gasteiger charge is -2.11. The number of nitrogens with two attached hydrogens (primary N) is 1. The maximum Gasteiger partial charge on any atom is 0.251 e. The molecule has 3 N–H and O–H groups in total. The SMILES string of the molecule is NC(=O)c1c(NC(=O)/C=C/c2cccc(OCc3ccccc3)c2)sc2c1CCCC2. The molecule has 0 spiro atoms. The fourth-order valence-electron chi connectivity index (χ4n) is 3.69. The van der Waals surface area contributed by atoms with E-state index in [0.29, 0.717) is 17.2 Å². The van der Waals surface area contributed by atoms with E-state index in [2.05, 4.69) is 5.32 Å². The molecule has 1 heterocycles. The molecule has 0 unspecified atom stereocenters. The second-order valence-corrected chi connectivity index (χ2v) is 8.55. The molecule has 0 saturated heterocycles. The summed E-state index contributed by atoms with van der Waals surface area (Å²) in [6, 6.07) is 17.5.